The third-order valence-electron chi connectivity index (χ3n) is 4.32. The molecule has 2 aromatic rings. The molecule has 1 aliphatic rings. The van der Waals surface area contributed by atoms with Crippen LogP contribution >= 0.6 is 0 Å². The van der Waals surface area contributed by atoms with E-state index in [0.29, 0.717) is 5.89 Å². The van der Waals surface area contributed by atoms with Crippen molar-refractivity contribution in [2.24, 2.45) is 0 Å². The molecule has 1 N–H and O–H groups in total. The Hall–Kier alpha value is -2.14. The fourth-order valence-corrected chi connectivity index (χ4v) is 3.10. The van der Waals surface area contributed by atoms with Gasteiger partial charge >= 0.3 is 0 Å². The van der Waals surface area contributed by atoms with Crippen LogP contribution in [0.4, 0.5) is 0 Å². The lowest BCUT2D eigenvalue weighted by Gasteiger charge is -2.15. The van der Waals surface area contributed by atoms with E-state index in [1.165, 1.54) is 0 Å². The maximum Gasteiger partial charge on any atom is 0.226 e. The molecular formula is C18H23N3O2. The van der Waals surface area contributed by atoms with Crippen LogP contribution in [-0.2, 0) is 11.3 Å². The summed E-state index contributed by atoms with van der Waals surface area (Å²) < 4.78 is 5.88. The summed E-state index contributed by atoms with van der Waals surface area (Å²) in [7, 11) is 0. The fraction of sp³-hybridized carbons (Fsp3) is 0.444. The average Bonchev–Trinajstić information content (AvgIpc) is 3.07. The highest BCUT2D eigenvalue weighted by molar-refractivity contribution is 5.73. The Labute approximate surface area is 136 Å². The normalized spacial score (nSPS) is 18.3. The molecule has 1 saturated heterocycles. The Kier molecular flexibility index (Phi) is 4.48. The molecule has 1 aromatic carbocycles. The Morgan fingerprint density at radius 3 is 2.91 bits per heavy atom. The maximum absolute atomic E-state index is 11.2. The second-order valence-corrected chi connectivity index (χ2v) is 6.26. The molecule has 5 nitrogen and oxygen atoms in total. The van der Waals surface area contributed by atoms with Crippen molar-refractivity contribution >= 4 is 5.91 Å². The van der Waals surface area contributed by atoms with Gasteiger partial charge in [0.25, 0.3) is 0 Å². The molecule has 2 heterocycles. The van der Waals surface area contributed by atoms with E-state index in [1.54, 1.807) is 6.92 Å². The van der Waals surface area contributed by atoms with Crippen LogP contribution in [0.25, 0.3) is 11.5 Å². The van der Waals surface area contributed by atoms with E-state index in [9.17, 15) is 4.79 Å². The van der Waals surface area contributed by atoms with Crippen LogP contribution < -0.4 is 5.32 Å². The van der Waals surface area contributed by atoms with E-state index in [1.807, 2.05) is 25.1 Å². The lowest BCUT2D eigenvalue weighted by molar-refractivity contribution is -0.119. The molecule has 0 aliphatic carbocycles. The molecule has 3 rings (SSSR count). The Balaban J connectivity index is 1.70. The van der Waals surface area contributed by atoms with E-state index in [-0.39, 0.29) is 11.9 Å². The lowest BCUT2D eigenvalue weighted by atomic mass is 10.1. The monoisotopic (exact) mass is 313 g/mol. The number of nitrogens with one attached hydrogen (secondary N) is 1. The number of carbonyl (C=O) groups excluding carboxylic acids is 1. The molecule has 1 atom stereocenters. The Morgan fingerprint density at radius 2 is 2.17 bits per heavy atom. The van der Waals surface area contributed by atoms with Crippen LogP contribution in [-0.4, -0.2) is 34.9 Å². The van der Waals surface area contributed by atoms with Gasteiger partial charge in [-0.15, -0.1) is 0 Å². The van der Waals surface area contributed by atoms with E-state index in [2.05, 4.69) is 23.2 Å². The highest BCUT2D eigenvalue weighted by Gasteiger charge is 2.24. The van der Waals surface area contributed by atoms with Crippen LogP contribution in [0.3, 0.4) is 0 Å². The van der Waals surface area contributed by atoms with Gasteiger partial charge in [0.2, 0.25) is 11.8 Å². The maximum atomic E-state index is 11.2. The van der Waals surface area contributed by atoms with E-state index < -0.39 is 0 Å². The van der Waals surface area contributed by atoms with Crippen molar-refractivity contribution in [1.82, 2.24) is 15.2 Å². The number of hydrogen-bond acceptors (Lipinski definition) is 4. The number of oxazole rings is 1. The molecule has 0 unspecified atom stereocenters. The Bertz CT molecular complexity index is 708. The first-order valence-corrected chi connectivity index (χ1v) is 8.04. The van der Waals surface area contributed by atoms with Crippen LogP contribution in [0.15, 0.2) is 28.7 Å². The molecule has 0 bridgehead atoms. The van der Waals surface area contributed by atoms with Crippen LogP contribution in [0.2, 0.25) is 0 Å². The molecule has 0 radical (unpaired) electrons. The SMILES string of the molecule is CC(=O)N[C@H]1CCN(Cc2nc(-c3ccccc3C)oc2C)C1. The van der Waals surface area contributed by atoms with Crippen LogP contribution in [0, 0.1) is 13.8 Å². The molecule has 5 heteroatoms. The van der Waals surface area contributed by atoms with Gasteiger partial charge in [-0.1, -0.05) is 18.2 Å². The molecular weight excluding hydrogens is 290 g/mol. The van der Waals surface area contributed by atoms with E-state index >= 15 is 0 Å². The highest BCUT2D eigenvalue weighted by atomic mass is 16.4. The van der Waals surface area contributed by atoms with Gasteiger partial charge in [-0.3, -0.25) is 9.69 Å². The quantitative estimate of drug-likeness (QED) is 0.943. The van der Waals surface area contributed by atoms with Gasteiger partial charge in [0.1, 0.15) is 5.76 Å². The smallest absolute Gasteiger partial charge is 0.226 e. The van der Waals surface area contributed by atoms with Crippen molar-refractivity contribution in [2.45, 2.75) is 39.8 Å². The first-order chi connectivity index (χ1) is 11.0. The summed E-state index contributed by atoms with van der Waals surface area (Å²) in [5.74, 6) is 1.59. The standard InChI is InChI=1S/C18H23N3O2/c1-12-6-4-5-7-16(12)18-20-17(13(2)23-18)11-21-9-8-15(10-21)19-14(3)22/h4-7,15H,8-11H2,1-3H3,(H,19,22)/t15-/m0/s1. The zero-order valence-electron chi connectivity index (χ0n) is 13.9. The van der Waals surface area contributed by atoms with Gasteiger partial charge in [0, 0.05) is 38.2 Å². The molecule has 1 aromatic heterocycles. The van der Waals surface area contributed by atoms with E-state index in [4.69, 9.17) is 9.40 Å². The number of carbonyl (C=O) groups is 1. The van der Waals surface area contributed by atoms with E-state index in [0.717, 1.165) is 48.6 Å². The Morgan fingerprint density at radius 1 is 1.39 bits per heavy atom. The molecule has 1 fully saturated rings. The topological polar surface area (TPSA) is 58.4 Å². The number of amides is 1. The number of benzene rings is 1. The first-order valence-electron chi connectivity index (χ1n) is 8.04. The van der Waals surface area contributed by atoms with Gasteiger partial charge in [0.15, 0.2) is 0 Å². The second-order valence-electron chi connectivity index (χ2n) is 6.26. The largest absolute Gasteiger partial charge is 0.441 e. The number of hydrogen-bond donors (Lipinski definition) is 1. The van der Waals surface area contributed by atoms with Crippen molar-refractivity contribution in [2.75, 3.05) is 13.1 Å². The van der Waals surface area contributed by atoms with Gasteiger partial charge in [-0.25, -0.2) is 4.98 Å². The van der Waals surface area contributed by atoms with Crippen molar-refractivity contribution in [1.29, 1.82) is 0 Å². The minimum atomic E-state index is 0.0382. The van der Waals surface area contributed by atoms with Crippen LogP contribution in [0.5, 0.6) is 0 Å². The van der Waals surface area contributed by atoms with Gasteiger partial charge < -0.3 is 9.73 Å². The van der Waals surface area contributed by atoms with Crippen molar-refractivity contribution in [3.05, 3.63) is 41.3 Å². The predicted molar refractivity (Wildman–Crippen MR) is 88.9 cm³/mol. The highest BCUT2D eigenvalue weighted by Crippen LogP contribution is 2.25. The molecule has 0 saturated carbocycles. The fourth-order valence-electron chi connectivity index (χ4n) is 3.10. The molecule has 23 heavy (non-hydrogen) atoms. The molecule has 122 valence electrons. The van der Waals surface area contributed by atoms with Crippen molar-refractivity contribution < 1.29 is 9.21 Å². The van der Waals surface area contributed by atoms with Gasteiger partial charge in [-0.05, 0) is 31.9 Å². The summed E-state index contributed by atoms with van der Waals surface area (Å²) in [5.41, 5.74) is 3.18. The number of aryl methyl sites for hydroxylation is 2. The number of rotatable bonds is 4. The molecule has 0 spiro atoms. The predicted octanol–water partition coefficient (Wildman–Crippen LogP) is 2.67. The summed E-state index contributed by atoms with van der Waals surface area (Å²) in [6.07, 6.45) is 0.987. The second kappa shape index (κ2) is 6.54. The van der Waals surface area contributed by atoms with Gasteiger partial charge in [0.05, 0.1) is 5.69 Å². The average molecular weight is 313 g/mol. The number of likely N-dealkylation sites (tertiary alicyclic amines) is 1. The summed E-state index contributed by atoms with van der Waals surface area (Å²) in [6.45, 7) is 8.19. The third-order valence-corrected chi connectivity index (χ3v) is 4.32. The van der Waals surface area contributed by atoms with Crippen molar-refractivity contribution in [3.63, 3.8) is 0 Å². The lowest BCUT2D eigenvalue weighted by Crippen LogP contribution is -2.35. The summed E-state index contributed by atoms with van der Waals surface area (Å²) in [5, 5.41) is 2.99. The summed E-state index contributed by atoms with van der Waals surface area (Å²) in [4.78, 5) is 18.2. The third kappa shape index (κ3) is 3.62. The first kappa shape index (κ1) is 15.7. The van der Waals surface area contributed by atoms with Crippen molar-refractivity contribution in [3.8, 4) is 11.5 Å². The number of aromatic nitrogens is 1. The molecule has 1 aliphatic heterocycles. The zero-order chi connectivity index (χ0) is 16.4. The number of nitrogens with zero attached hydrogens (tertiary/aromatic N) is 2. The minimum absolute atomic E-state index is 0.0382. The minimum Gasteiger partial charge on any atom is -0.441 e. The summed E-state index contributed by atoms with van der Waals surface area (Å²) in [6, 6.07) is 8.36. The molecule has 1 amide bonds. The zero-order valence-corrected chi connectivity index (χ0v) is 13.9. The summed E-state index contributed by atoms with van der Waals surface area (Å²) >= 11 is 0. The van der Waals surface area contributed by atoms with Gasteiger partial charge in [-0.2, -0.15) is 0 Å². The van der Waals surface area contributed by atoms with Crippen LogP contribution in [0.1, 0.15) is 30.4 Å².